The average Bonchev–Trinajstić information content (AvgIpc) is 2.31. The Morgan fingerprint density at radius 2 is 1.21 bits per heavy atom. The van der Waals surface area contributed by atoms with Crippen molar-refractivity contribution in [3.05, 3.63) is 0 Å². The van der Waals surface area contributed by atoms with E-state index in [1.807, 2.05) is 0 Å². The molecule has 0 aromatic carbocycles. The molecule has 7 heteroatoms. The van der Waals surface area contributed by atoms with Crippen LogP contribution in [0.1, 0.15) is 62.3 Å². The van der Waals surface area contributed by atoms with Crippen molar-refractivity contribution in [2.24, 2.45) is 5.73 Å². The van der Waals surface area contributed by atoms with Gasteiger partial charge in [0.15, 0.2) is 12.2 Å². The van der Waals surface area contributed by atoms with Gasteiger partial charge in [-0.05, 0) is 62.3 Å². The Morgan fingerprint density at radius 3 is 1.58 bits per heavy atom. The van der Waals surface area contributed by atoms with Crippen LogP contribution in [0.25, 0.3) is 0 Å². The van der Waals surface area contributed by atoms with E-state index in [0.29, 0.717) is 0 Å². The molecule has 0 aromatic rings. The number of hydrogen-bond acceptors (Lipinski definition) is 7. The fourth-order valence-corrected chi connectivity index (χ4v) is 1.61. The molecule has 7 nitrogen and oxygen atoms in total. The van der Waals surface area contributed by atoms with Crippen molar-refractivity contribution in [2.45, 2.75) is 91.4 Å². The molecule has 0 spiro atoms. The first-order chi connectivity index (χ1) is 10.5. The van der Waals surface area contributed by atoms with Crippen molar-refractivity contribution < 1.29 is 28.5 Å². The Hall–Kier alpha value is -1.18. The molecule has 0 heterocycles. The molecule has 2 N–H and O–H groups in total. The van der Waals surface area contributed by atoms with Crippen molar-refractivity contribution in [1.82, 2.24) is 0 Å². The van der Waals surface area contributed by atoms with E-state index in [1.54, 1.807) is 62.3 Å². The molecule has 0 aliphatic rings. The zero-order valence-corrected chi connectivity index (χ0v) is 16.4. The summed E-state index contributed by atoms with van der Waals surface area (Å²) >= 11 is 0. The second-order valence-corrected chi connectivity index (χ2v) is 8.09. The van der Waals surface area contributed by atoms with Gasteiger partial charge in [0.05, 0.1) is 6.61 Å². The number of carbonyl (C=O) groups is 2. The first-order valence-corrected chi connectivity index (χ1v) is 8.06. The van der Waals surface area contributed by atoms with Crippen molar-refractivity contribution in [2.75, 3.05) is 6.61 Å². The van der Waals surface area contributed by atoms with Gasteiger partial charge in [-0.3, -0.25) is 0 Å². The summed E-state index contributed by atoms with van der Waals surface area (Å²) in [7, 11) is 0. The second-order valence-electron chi connectivity index (χ2n) is 8.09. The summed E-state index contributed by atoms with van der Waals surface area (Å²) in [4.78, 5) is 23.8. The highest BCUT2D eigenvalue weighted by Gasteiger charge is 2.31. The van der Waals surface area contributed by atoms with Crippen LogP contribution in [0.5, 0.6) is 0 Å². The molecule has 0 bridgehead atoms. The molecule has 0 aliphatic carbocycles. The summed E-state index contributed by atoms with van der Waals surface area (Å²) < 4.78 is 21.4. The highest BCUT2D eigenvalue weighted by Crippen LogP contribution is 2.15. The normalized spacial score (nSPS) is 17.6. The van der Waals surface area contributed by atoms with E-state index >= 15 is 0 Å². The summed E-state index contributed by atoms with van der Waals surface area (Å²) in [6.45, 7) is 15.2. The lowest BCUT2D eigenvalue weighted by Crippen LogP contribution is -2.49. The average molecular weight is 347 g/mol. The van der Waals surface area contributed by atoms with Crippen molar-refractivity contribution in [3.8, 4) is 0 Å². The van der Waals surface area contributed by atoms with E-state index in [9.17, 15) is 9.59 Å². The molecule has 0 aromatic heterocycles. The minimum atomic E-state index is -1.26. The highest BCUT2D eigenvalue weighted by atomic mass is 16.6. The number of rotatable bonds is 7. The van der Waals surface area contributed by atoms with Crippen LogP contribution in [0, 0.1) is 0 Å². The van der Waals surface area contributed by atoms with Gasteiger partial charge in [0, 0.05) is 0 Å². The summed E-state index contributed by atoms with van der Waals surface area (Å²) in [6.07, 6.45) is -1.66. The Kier molecular flexibility index (Phi) is 7.86. The molecule has 0 amide bonds. The molecule has 0 rings (SSSR count). The highest BCUT2D eigenvalue weighted by molar-refractivity contribution is 5.75. The second kappa shape index (κ2) is 8.27. The number of hydrogen-bond donors (Lipinski definition) is 1. The largest absolute Gasteiger partial charge is 0.458 e. The van der Waals surface area contributed by atoms with Gasteiger partial charge in [0.2, 0.25) is 0 Å². The van der Waals surface area contributed by atoms with Crippen LogP contribution >= 0.6 is 0 Å². The molecule has 142 valence electrons. The number of carbonyl (C=O) groups excluding carboxylic acids is 2. The molecule has 0 fully saturated rings. The fraction of sp³-hybridized carbons (Fsp3) is 0.882. The fourth-order valence-electron chi connectivity index (χ4n) is 1.61. The van der Waals surface area contributed by atoms with Gasteiger partial charge in [-0.15, -0.1) is 0 Å². The van der Waals surface area contributed by atoms with E-state index in [0.717, 1.165) is 0 Å². The maximum absolute atomic E-state index is 11.9. The zero-order chi connectivity index (χ0) is 19.3. The van der Waals surface area contributed by atoms with Crippen LogP contribution in [0.2, 0.25) is 0 Å². The summed E-state index contributed by atoms with van der Waals surface area (Å²) in [5.74, 6) is -1.00. The van der Waals surface area contributed by atoms with Crippen LogP contribution < -0.4 is 5.73 Å². The summed E-state index contributed by atoms with van der Waals surface area (Å²) in [5.41, 5.74) is 3.53. The van der Waals surface area contributed by atoms with Crippen LogP contribution in [-0.4, -0.2) is 47.7 Å². The van der Waals surface area contributed by atoms with E-state index in [-0.39, 0.29) is 6.61 Å². The lowest BCUT2D eigenvalue weighted by molar-refractivity contribution is -0.189. The maximum atomic E-state index is 11.9. The van der Waals surface area contributed by atoms with Crippen LogP contribution in [0.15, 0.2) is 0 Å². The summed E-state index contributed by atoms with van der Waals surface area (Å²) in [6, 6.07) is 0. The van der Waals surface area contributed by atoms with Gasteiger partial charge in [-0.1, -0.05) is 0 Å². The molecule has 0 saturated carbocycles. The Morgan fingerprint density at radius 1 is 0.833 bits per heavy atom. The predicted octanol–water partition coefficient (Wildman–Crippen LogP) is 2.15. The van der Waals surface area contributed by atoms with E-state index in [4.69, 9.17) is 24.7 Å². The number of nitrogens with two attached hydrogens (primary N) is 1. The smallest absolute Gasteiger partial charge is 0.335 e. The topological polar surface area (TPSA) is 97.1 Å². The van der Waals surface area contributed by atoms with E-state index in [1.165, 1.54) is 0 Å². The zero-order valence-electron chi connectivity index (χ0n) is 16.4. The number of ether oxygens (including phenoxy) is 4. The lowest BCUT2D eigenvalue weighted by atomic mass is 10.2. The molecule has 3 atom stereocenters. The van der Waals surface area contributed by atoms with E-state index in [2.05, 4.69) is 0 Å². The quantitative estimate of drug-likeness (QED) is 0.556. The maximum Gasteiger partial charge on any atom is 0.335 e. The van der Waals surface area contributed by atoms with Crippen molar-refractivity contribution in [1.29, 1.82) is 0 Å². The first-order valence-electron chi connectivity index (χ1n) is 8.06. The predicted molar refractivity (Wildman–Crippen MR) is 90.2 cm³/mol. The van der Waals surface area contributed by atoms with Gasteiger partial charge >= 0.3 is 11.9 Å². The standard InChI is InChI=1S/C17H33NO6/c1-11(13(19)23-15(3,4)5)21-10-17(9,18)22-12(2)14(20)24-16(6,7)8/h11-12H,10,18H2,1-9H3. The molecule has 24 heavy (non-hydrogen) atoms. The molecular weight excluding hydrogens is 314 g/mol. The van der Waals surface area contributed by atoms with Gasteiger partial charge in [0.1, 0.15) is 16.9 Å². The molecule has 3 unspecified atom stereocenters. The van der Waals surface area contributed by atoms with Gasteiger partial charge in [-0.25, -0.2) is 9.59 Å². The SMILES string of the molecule is CC(OCC(C)(N)OC(C)C(=O)OC(C)(C)C)C(=O)OC(C)(C)C. The third-order valence-electron chi connectivity index (χ3n) is 2.54. The van der Waals surface area contributed by atoms with Crippen molar-refractivity contribution >= 4 is 11.9 Å². The lowest BCUT2D eigenvalue weighted by Gasteiger charge is -2.30. The number of esters is 2. The molecule has 0 aliphatic heterocycles. The Labute approximate surface area is 145 Å². The van der Waals surface area contributed by atoms with Crippen LogP contribution in [0.4, 0.5) is 0 Å². The Bertz CT molecular complexity index is 433. The third-order valence-corrected chi connectivity index (χ3v) is 2.54. The van der Waals surface area contributed by atoms with Crippen LogP contribution in [0.3, 0.4) is 0 Å². The van der Waals surface area contributed by atoms with Crippen LogP contribution in [-0.2, 0) is 28.5 Å². The molecular formula is C17H33NO6. The Balaban J connectivity index is 4.49. The van der Waals surface area contributed by atoms with E-state index < -0.39 is 41.1 Å². The molecule has 0 saturated heterocycles. The monoisotopic (exact) mass is 347 g/mol. The van der Waals surface area contributed by atoms with Gasteiger partial charge < -0.3 is 24.7 Å². The minimum Gasteiger partial charge on any atom is -0.458 e. The van der Waals surface area contributed by atoms with Gasteiger partial charge in [-0.2, -0.15) is 0 Å². The first kappa shape index (κ1) is 22.8. The molecule has 0 radical (unpaired) electrons. The van der Waals surface area contributed by atoms with Gasteiger partial charge in [0.25, 0.3) is 0 Å². The summed E-state index contributed by atoms with van der Waals surface area (Å²) in [5, 5.41) is 0. The minimum absolute atomic E-state index is 0.0828. The third kappa shape index (κ3) is 10.6. The van der Waals surface area contributed by atoms with Crippen molar-refractivity contribution in [3.63, 3.8) is 0 Å².